The van der Waals surface area contributed by atoms with Crippen molar-refractivity contribution in [3.63, 3.8) is 0 Å². The molecule has 1 heterocycles. The molecular formula is C13H21N5O. The molecule has 0 saturated heterocycles. The Bertz CT molecular complexity index is 462. The van der Waals surface area contributed by atoms with Crippen molar-refractivity contribution in [1.82, 2.24) is 10.2 Å². The Balaban J connectivity index is 2.25. The van der Waals surface area contributed by atoms with Crippen LogP contribution < -0.4 is 10.6 Å². The van der Waals surface area contributed by atoms with Gasteiger partial charge in [-0.25, -0.2) is 0 Å². The highest BCUT2D eigenvalue weighted by Crippen LogP contribution is 2.29. The summed E-state index contributed by atoms with van der Waals surface area (Å²) in [5, 5.41) is 20.0. The van der Waals surface area contributed by atoms with E-state index in [0.29, 0.717) is 17.4 Å². The Morgan fingerprint density at radius 3 is 3.00 bits per heavy atom. The van der Waals surface area contributed by atoms with Crippen LogP contribution in [-0.4, -0.2) is 34.3 Å². The van der Waals surface area contributed by atoms with E-state index in [1.165, 1.54) is 12.8 Å². The second kappa shape index (κ2) is 5.86. The fourth-order valence-electron chi connectivity index (χ4n) is 2.77. The first-order valence-electron chi connectivity index (χ1n) is 6.66. The number of oxime groups is 1. The zero-order valence-corrected chi connectivity index (χ0v) is 11.5. The number of nitrogens with two attached hydrogens (primary N) is 1. The van der Waals surface area contributed by atoms with E-state index >= 15 is 0 Å². The van der Waals surface area contributed by atoms with Gasteiger partial charge in [0.15, 0.2) is 11.7 Å². The van der Waals surface area contributed by atoms with Gasteiger partial charge in [-0.1, -0.05) is 24.9 Å². The predicted octanol–water partition coefficient (Wildman–Crippen LogP) is 1.59. The van der Waals surface area contributed by atoms with Gasteiger partial charge in [0.05, 0.1) is 11.8 Å². The molecule has 1 aliphatic rings. The van der Waals surface area contributed by atoms with Gasteiger partial charge in [-0.3, -0.25) is 0 Å². The first-order valence-corrected chi connectivity index (χ1v) is 6.66. The number of rotatable bonds is 3. The largest absolute Gasteiger partial charge is 0.409 e. The summed E-state index contributed by atoms with van der Waals surface area (Å²) in [7, 11) is 2.00. The maximum absolute atomic E-state index is 8.84. The summed E-state index contributed by atoms with van der Waals surface area (Å²) in [6, 6.07) is 2.16. The minimum Gasteiger partial charge on any atom is -0.409 e. The number of aromatic nitrogens is 2. The topological polar surface area (TPSA) is 87.6 Å². The highest BCUT2D eigenvalue weighted by atomic mass is 16.4. The molecule has 1 saturated carbocycles. The lowest BCUT2D eigenvalue weighted by Gasteiger charge is -2.35. The molecule has 6 nitrogen and oxygen atoms in total. The van der Waals surface area contributed by atoms with Crippen LogP contribution in [0.1, 0.15) is 38.2 Å². The molecule has 1 aliphatic carbocycles. The van der Waals surface area contributed by atoms with E-state index in [0.717, 1.165) is 18.8 Å². The summed E-state index contributed by atoms with van der Waals surface area (Å²) in [6.45, 7) is 2.28. The molecule has 2 atom stereocenters. The van der Waals surface area contributed by atoms with Crippen molar-refractivity contribution in [2.45, 2.75) is 38.6 Å². The van der Waals surface area contributed by atoms with Gasteiger partial charge in [-0.2, -0.15) is 5.10 Å². The number of anilines is 1. The van der Waals surface area contributed by atoms with E-state index < -0.39 is 0 Å². The Hall–Kier alpha value is -1.85. The first kappa shape index (κ1) is 13.6. The molecule has 3 N–H and O–H groups in total. The van der Waals surface area contributed by atoms with Gasteiger partial charge in [0.1, 0.15) is 0 Å². The van der Waals surface area contributed by atoms with E-state index in [4.69, 9.17) is 10.9 Å². The molecule has 6 heteroatoms. The minimum absolute atomic E-state index is 0.0700. The molecule has 0 spiro atoms. The summed E-state index contributed by atoms with van der Waals surface area (Å²) in [5.74, 6) is 1.47. The molecule has 2 rings (SSSR count). The van der Waals surface area contributed by atoms with Crippen LogP contribution in [0.25, 0.3) is 0 Å². The van der Waals surface area contributed by atoms with Gasteiger partial charge in [0.25, 0.3) is 0 Å². The van der Waals surface area contributed by atoms with Crippen molar-refractivity contribution >= 4 is 11.7 Å². The SMILES string of the molecule is CC1CCCC(N(C)c2nnccc2/C(N)=N/O)C1. The molecule has 0 amide bonds. The fraction of sp³-hybridized carbons (Fsp3) is 0.615. The first-order chi connectivity index (χ1) is 9.13. The van der Waals surface area contributed by atoms with Crippen LogP contribution in [0.3, 0.4) is 0 Å². The quantitative estimate of drug-likeness (QED) is 0.374. The molecule has 2 unspecified atom stereocenters. The van der Waals surface area contributed by atoms with Gasteiger partial charge in [0.2, 0.25) is 0 Å². The van der Waals surface area contributed by atoms with Crippen molar-refractivity contribution in [2.24, 2.45) is 16.8 Å². The smallest absolute Gasteiger partial charge is 0.173 e. The van der Waals surface area contributed by atoms with Crippen LogP contribution in [0, 0.1) is 5.92 Å². The maximum atomic E-state index is 8.84. The average molecular weight is 263 g/mol. The molecule has 0 aliphatic heterocycles. The highest BCUT2D eigenvalue weighted by molar-refractivity contribution is 6.01. The summed E-state index contributed by atoms with van der Waals surface area (Å²) in [5.41, 5.74) is 6.32. The summed E-state index contributed by atoms with van der Waals surface area (Å²) in [6.07, 6.45) is 6.36. The van der Waals surface area contributed by atoms with E-state index in [1.807, 2.05) is 7.05 Å². The number of hydrogen-bond donors (Lipinski definition) is 2. The van der Waals surface area contributed by atoms with Crippen LogP contribution in [0.4, 0.5) is 5.82 Å². The Kier molecular flexibility index (Phi) is 4.19. The zero-order valence-electron chi connectivity index (χ0n) is 11.5. The third kappa shape index (κ3) is 2.94. The highest BCUT2D eigenvalue weighted by Gasteiger charge is 2.25. The van der Waals surface area contributed by atoms with Crippen molar-refractivity contribution in [2.75, 3.05) is 11.9 Å². The molecule has 0 aromatic carbocycles. The fourth-order valence-corrected chi connectivity index (χ4v) is 2.77. The Morgan fingerprint density at radius 2 is 2.32 bits per heavy atom. The van der Waals surface area contributed by atoms with Crippen molar-refractivity contribution in [1.29, 1.82) is 0 Å². The molecule has 1 aromatic heterocycles. The van der Waals surface area contributed by atoms with E-state index in [-0.39, 0.29) is 5.84 Å². The second-order valence-electron chi connectivity index (χ2n) is 5.29. The van der Waals surface area contributed by atoms with Gasteiger partial charge < -0.3 is 15.8 Å². The maximum Gasteiger partial charge on any atom is 0.173 e. The molecule has 1 fully saturated rings. The van der Waals surface area contributed by atoms with Crippen molar-refractivity contribution < 1.29 is 5.21 Å². The molecular weight excluding hydrogens is 242 g/mol. The Labute approximate surface area is 113 Å². The zero-order chi connectivity index (χ0) is 13.8. The van der Waals surface area contributed by atoms with E-state index in [2.05, 4.69) is 27.2 Å². The Morgan fingerprint density at radius 1 is 1.53 bits per heavy atom. The second-order valence-corrected chi connectivity index (χ2v) is 5.29. The molecule has 1 aromatic rings. The average Bonchev–Trinajstić information content (AvgIpc) is 2.45. The van der Waals surface area contributed by atoms with Gasteiger partial charge in [-0.15, -0.1) is 5.10 Å². The van der Waals surface area contributed by atoms with E-state index in [1.54, 1.807) is 12.3 Å². The number of hydrogen-bond acceptors (Lipinski definition) is 5. The van der Waals surface area contributed by atoms with Crippen LogP contribution in [0.15, 0.2) is 17.4 Å². The summed E-state index contributed by atoms with van der Waals surface area (Å²) in [4.78, 5) is 2.11. The standard InChI is InChI=1S/C13H21N5O/c1-9-4-3-5-10(8-9)18(2)13-11(12(14)17-19)6-7-15-16-13/h6-7,9-10,19H,3-5,8H2,1-2H3,(H2,14,17). The van der Waals surface area contributed by atoms with Gasteiger partial charge in [-0.05, 0) is 24.8 Å². The molecule has 0 bridgehead atoms. The molecule has 104 valence electrons. The minimum atomic E-state index is 0.0700. The predicted molar refractivity (Wildman–Crippen MR) is 74.4 cm³/mol. The number of nitrogens with zero attached hydrogens (tertiary/aromatic N) is 4. The molecule has 0 radical (unpaired) electrons. The van der Waals surface area contributed by atoms with Crippen LogP contribution >= 0.6 is 0 Å². The third-order valence-corrected chi connectivity index (χ3v) is 3.88. The van der Waals surface area contributed by atoms with Gasteiger partial charge in [0, 0.05) is 13.1 Å². The normalized spacial score (nSPS) is 24.2. The van der Waals surface area contributed by atoms with Crippen LogP contribution in [0.2, 0.25) is 0 Å². The monoisotopic (exact) mass is 263 g/mol. The lowest BCUT2D eigenvalue weighted by atomic mass is 9.86. The van der Waals surface area contributed by atoms with Crippen LogP contribution in [0.5, 0.6) is 0 Å². The summed E-state index contributed by atoms with van der Waals surface area (Å²) < 4.78 is 0. The van der Waals surface area contributed by atoms with Crippen LogP contribution in [-0.2, 0) is 0 Å². The lowest BCUT2D eigenvalue weighted by molar-refractivity contribution is 0.318. The van der Waals surface area contributed by atoms with Crippen molar-refractivity contribution in [3.8, 4) is 0 Å². The van der Waals surface area contributed by atoms with E-state index in [9.17, 15) is 0 Å². The van der Waals surface area contributed by atoms with Crippen molar-refractivity contribution in [3.05, 3.63) is 17.8 Å². The molecule has 19 heavy (non-hydrogen) atoms. The number of amidine groups is 1. The van der Waals surface area contributed by atoms with Gasteiger partial charge >= 0.3 is 0 Å². The third-order valence-electron chi connectivity index (χ3n) is 3.88. The summed E-state index contributed by atoms with van der Waals surface area (Å²) >= 11 is 0. The lowest BCUT2D eigenvalue weighted by Crippen LogP contribution is -2.37.